The van der Waals surface area contributed by atoms with Crippen molar-refractivity contribution in [1.82, 2.24) is 9.55 Å². The van der Waals surface area contributed by atoms with E-state index in [0.717, 1.165) is 0 Å². The van der Waals surface area contributed by atoms with E-state index >= 15 is 0 Å². The number of nitrogens with zero attached hydrogens (tertiary/aromatic N) is 2. The van der Waals surface area contributed by atoms with E-state index in [-0.39, 0.29) is 0 Å². The molecular formula is C30H50N2. The third-order valence-electron chi connectivity index (χ3n) is 7.06. The maximum Gasteiger partial charge on any atom is 0.0948 e. The highest BCUT2D eigenvalue weighted by Crippen LogP contribution is 2.31. The maximum atomic E-state index is 4.35. The first-order chi connectivity index (χ1) is 15.8. The van der Waals surface area contributed by atoms with Gasteiger partial charge in [-0.05, 0) is 30.7 Å². The van der Waals surface area contributed by atoms with Gasteiger partial charge in [-0.3, -0.25) is 0 Å². The van der Waals surface area contributed by atoms with Crippen LogP contribution in [-0.2, 0) is 6.42 Å². The average molecular weight is 439 g/mol. The van der Waals surface area contributed by atoms with Gasteiger partial charge in [-0.25, -0.2) is 4.98 Å². The summed E-state index contributed by atoms with van der Waals surface area (Å²) in [4.78, 5) is 4.35. The zero-order chi connectivity index (χ0) is 22.7. The maximum absolute atomic E-state index is 4.35. The number of rotatable bonds is 20. The first kappa shape index (κ1) is 26.7. The molecule has 0 N–H and O–H groups in total. The summed E-state index contributed by atoms with van der Waals surface area (Å²) in [6, 6.07) is 11.7. The minimum Gasteiger partial charge on any atom is -0.334 e. The molecule has 0 spiro atoms. The zero-order valence-corrected chi connectivity index (χ0v) is 21.2. The van der Waals surface area contributed by atoms with Crippen LogP contribution in [0.3, 0.4) is 0 Å². The Hall–Kier alpha value is -1.57. The number of benzene rings is 1. The molecule has 0 amide bonds. The predicted molar refractivity (Wildman–Crippen MR) is 140 cm³/mol. The minimum atomic E-state index is 0.569. The molecule has 0 aliphatic heterocycles. The minimum absolute atomic E-state index is 0.569. The molecule has 2 atom stereocenters. The monoisotopic (exact) mass is 438 g/mol. The number of aromatic nitrogens is 2. The second-order valence-corrected chi connectivity index (χ2v) is 9.85. The quantitative estimate of drug-likeness (QED) is 0.188. The van der Waals surface area contributed by atoms with Crippen molar-refractivity contribution >= 4 is 0 Å². The summed E-state index contributed by atoms with van der Waals surface area (Å²) >= 11 is 0. The van der Waals surface area contributed by atoms with Crippen molar-refractivity contribution in [2.45, 2.75) is 129 Å². The molecule has 0 saturated heterocycles. The first-order valence-electron chi connectivity index (χ1n) is 13.9. The van der Waals surface area contributed by atoms with Gasteiger partial charge in [0.15, 0.2) is 0 Å². The number of hydrogen-bond acceptors (Lipinski definition) is 1. The second-order valence-electron chi connectivity index (χ2n) is 9.85. The van der Waals surface area contributed by atoms with Gasteiger partial charge in [-0.15, -0.1) is 0 Å². The summed E-state index contributed by atoms with van der Waals surface area (Å²) in [5, 5.41) is 0. The summed E-state index contributed by atoms with van der Waals surface area (Å²) in [5.41, 5.74) is 1.48. The van der Waals surface area contributed by atoms with Gasteiger partial charge in [-0.1, -0.05) is 134 Å². The molecule has 2 unspecified atom stereocenters. The van der Waals surface area contributed by atoms with Crippen LogP contribution in [0.5, 0.6) is 0 Å². The van der Waals surface area contributed by atoms with Crippen molar-refractivity contribution in [2.24, 2.45) is 5.92 Å². The Morgan fingerprint density at radius 1 is 0.688 bits per heavy atom. The van der Waals surface area contributed by atoms with Gasteiger partial charge < -0.3 is 4.57 Å². The third-order valence-corrected chi connectivity index (χ3v) is 7.06. The molecule has 0 fully saturated rings. The molecule has 180 valence electrons. The lowest BCUT2D eigenvalue weighted by atomic mass is 9.85. The van der Waals surface area contributed by atoms with Gasteiger partial charge in [0.05, 0.1) is 6.33 Å². The topological polar surface area (TPSA) is 17.8 Å². The first-order valence-corrected chi connectivity index (χ1v) is 13.9. The van der Waals surface area contributed by atoms with Crippen LogP contribution in [-0.4, -0.2) is 9.55 Å². The highest BCUT2D eigenvalue weighted by Gasteiger charge is 2.22. The second kappa shape index (κ2) is 17.9. The predicted octanol–water partition coefficient (Wildman–Crippen LogP) is 9.56. The lowest BCUT2D eigenvalue weighted by Gasteiger charge is -2.28. The molecule has 0 radical (unpaired) electrons. The van der Waals surface area contributed by atoms with Crippen molar-refractivity contribution in [2.75, 3.05) is 0 Å². The van der Waals surface area contributed by atoms with E-state index in [4.69, 9.17) is 0 Å². The molecule has 0 aliphatic rings. The van der Waals surface area contributed by atoms with E-state index in [2.05, 4.69) is 59.9 Å². The third kappa shape index (κ3) is 11.3. The summed E-state index contributed by atoms with van der Waals surface area (Å²) in [5.74, 6) is 0.694. The SMILES string of the molecule is CCCCCCCCCCCCCCCC(Cc1ccccc1)C(CCC)n1ccnc1. The molecular weight excluding hydrogens is 388 g/mol. The molecule has 2 rings (SSSR count). The fourth-order valence-corrected chi connectivity index (χ4v) is 5.16. The number of hydrogen-bond donors (Lipinski definition) is 0. The Bertz CT molecular complexity index is 634. The molecule has 32 heavy (non-hydrogen) atoms. The fraction of sp³-hybridized carbons (Fsp3) is 0.700. The van der Waals surface area contributed by atoms with Crippen molar-refractivity contribution < 1.29 is 0 Å². The van der Waals surface area contributed by atoms with Crippen LogP contribution in [0, 0.1) is 5.92 Å². The summed E-state index contributed by atoms with van der Waals surface area (Å²) in [6.45, 7) is 4.61. The van der Waals surface area contributed by atoms with Gasteiger partial charge in [0.2, 0.25) is 0 Å². The van der Waals surface area contributed by atoms with Crippen LogP contribution in [0.2, 0.25) is 0 Å². The summed E-state index contributed by atoms with van der Waals surface area (Å²) in [7, 11) is 0. The largest absolute Gasteiger partial charge is 0.334 e. The van der Waals surface area contributed by atoms with Crippen molar-refractivity contribution in [3.8, 4) is 0 Å². The van der Waals surface area contributed by atoms with E-state index in [0.29, 0.717) is 12.0 Å². The van der Waals surface area contributed by atoms with Crippen molar-refractivity contribution in [1.29, 1.82) is 0 Å². The number of unbranched alkanes of at least 4 members (excludes halogenated alkanes) is 12. The Morgan fingerprint density at radius 2 is 1.28 bits per heavy atom. The van der Waals surface area contributed by atoms with Crippen LogP contribution >= 0.6 is 0 Å². The lowest BCUT2D eigenvalue weighted by Crippen LogP contribution is -2.21. The smallest absolute Gasteiger partial charge is 0.0948 e. The van der Waals surface area contributed by atoms with E-state index in [1.165, 1.54) is 115 Å². The van der Waals surface area contributed by atoms with Gasteiger partial charge in [0.25, 0.3) is 0 Å². The fourth-order valence-electron chi connectivity index (χ4n) is 5.16. The molecule has 1 heterocycles. The molecule has 1 aromatic carbocycles. The molecule has 1 aromatic heterocycles. The Kier molecular flexibility index (Phi) is 14.9. The normalized spacial score (nSPS) is 13.3. The molecule has 2 heteroatoms. The van der Waals surface area contributed by atoms with Crippen LogP contribution in [0.1, 0.15) is 128 Å². The number of imidazole rings is 1. The lowest BCUT2D eigenvalue weighted by molar-refractivity contribution is 0.280. The van der Waals surface area contributed by atoms with Gasteiger partial charge >= 0.3 is 0 Å². The van der Waals surface area contributed by atoms with E-state index in [1.54, 1.807) is 0 Å². The van der Waals surface area contributed by atoms with Crippen LogP contribution in [0.25, 0.3) is 0 Å². The van der Waals surface area contributed by atoms with Gasteiger partial charge in [0, 0.05) is 18.4 Å². The zero-order valence-electron chi connectivity index (χ0n) is 21.2. The standard InChI is InChI=1S/C30H50N2/c1-3-5-6-7-8-9-10-11-12-13-14-15-19-23-29(26-28-21-17-16-18-22-28)30(20-4-2)32-25-24-31-27-32/h16-18,21-22,24-25,27,29-30H,3-15,19-20,23,26H2,1-2H3. The molecule has 0 saturated carbocycles. The van der Waals surface area contributed by atoms with Gasteiger partial charge in [0.1, 0.15) is 0 Å². The van der Waals surface area contributed by atoms with Crippen molar-refractivity contribution in [3.05, 3.63) is 54.6 Å². The van der Waals surface area contributed by atoms with Gasteiger partial charge in [-0.2, -0.15) is 0 Å². The Labute approximate surface area is 199 Å². The van der Waals surface area contributed by atoms with E-state index < -0.39 is 0 Å². The molecule has 0 bridgehead atoms. The van der Waals surface area contributed by atoms with Crippen LogP contribution in [0.15, 0.2) is 49.1 Å². The van der Waals surface area contributed by atoms with E-state index in [1.807, 2.05) is 12.5 Å². The van der Waals surface area contributed by atoms with Crippen molar-refractivity contribution in [3.63, 3.8) is 0 Å². The Morgan fingerprint density at radius 3 is 1.81 bits per heavy atom. The van der Waals surface area contributed by atoms with E-state index in [9.17, 15) is 0 Å². The van der Waals surface area contributed by atoms with Crippen LogP contribution in [0.4, 0.5) is 0 Å². The van der Waals surface area contributed by atoms with Crippen LogP contribution < -0.4 is 0 Å². The summed E-state index contributed by atoms with van der Waals surface area (Å²) < 4.78 is 2.37. The molecule has 2 nitrogen and oxygen atoms in total. The highest BCUT2D eigenvalue weighted by molar-refractivity contribution is 5.15. The average Bonchev–Trinajstić information content (AvgIpc) is 3.35. The highest BCUT2D eigenvalue weighted by atomic mass is 15.1. The Balaban J connectivity index is 1.67. The molecule has 2 aromatic rings. The molecule has 0 aliphatic carbocycles. The summed E-state index contributed by atoms with van der Waals surface area (Å²) in [6.07, 6.45) is 29.7.